The van der Waals surface area contributed by atoms with E-state index in [2.05, 4.69) is 28.9 Å². The summed E-state index contributed by atoms with van der Waals surface area (Å²) in [5.74, 6) is -0.103. The lowest BCUT2D eigenvalue weighted by atomic mass is 10.1. The summed E-state index contributed by atoms with van der Waals surface area (Å²) in [7, 11) is 0. The first-order valence-corrected chi connectivity index (χ1v) is 7.38. The molecule has 0 aromatic heterocycles. The van der Waals surface area contributed by atoms with Crippen molar-refractivity contribution in [2.75, 3.05) is 13.1 Å². The fourth-order valence-corrected chi connectivity index (χ4v) is 3.32. The first-order valence-electron chi connectivity index (χ1n) is 6.56. The Bertz CT molecular complexity index is 571. The van der Waals surface area contributed by atoms with Gasteiger partial charge in [-0.15, -0.1) is 0 Å². The van der Waals surface area contributed by atoms with Crippen LogP contribution < -0.4 is 0 Å². The van der Waals surface area contributed by atoms with Crippen LogP contribution in [0.4, 0.5) is 0 Å². The van der Waals surface area contributed by atoms with Crippen LogP contribution in [0.1, 0.15) is 24.0 Å². The van der Waals surface area contributed by atoms with Crippen LogP contribution in [-0.2, 0) is 4.79 Å². The van der Waals surface area contributed by atoms with E-state index in [0.29, 0.717) is 0 Å². The quantitative estimate of drug-likeness (QED) is 0.737. The Morgan fingerprint density at radius 2 is 2.11 bits per heavy atom. The number of hydrogen-bond donors (Lipinski definition) is 0. The van der Waals surface area contributed by atoms with Gasteiger partial charge >= 0.3 is 0 Å². The maximum atomic E-state index is 11.9. The SMILES string of the molecule is Cc1cccc(/C=C2\SC(N3CCCC3)=NC2=O)c1. The molecule has 0 radical (unpaired) electrons. The highest BCUT2D eigenvalue weighted by atomic mass is 32.2. The van der Waals surface area contributed by atoms with Crippen LogP contribution in [-0.4, -0.2) is 29.1 Å². The molecule has 1 amide bonds. The van der Waals surface area contributed by atoms with Crippen molar-refractivity contribution in [2.24, 2.45) is 4.99 Å². The average Bonchev–Trinajstić information content (AvgIpc) is 3.00. The monoisotopic (exact) mass is 272 g/mol. The predicted molar refractivity (Wildman–Crippen MR) is 80.0 cm³/mol. The number of nitrogens with zero attached hydrogens (tertiary/aromatic N) is 2. The van der Waals surface area contributed by atoms with Gasteiger partial charge in [-0.1, -0.05) is 29.8 Å². The Morgan fingerprint density at radius 3 is 2.84 bits per heavy atom. The van der Waals surface area contributed by atoms with E-state index in [1.54, 1.807) is 0 Å². The van der Waals surface area contributed by atoms with E-state index in [0.717, 1.165) is 28.7 Å². The van der Waals surface area contributed by atoms with Crippen LogP contribution in [0.15, 0.2) is 34.2 Å². The molecular formula is C15H16N2OS. The van der Waals surface area contributed by atoms with Crippen molar-refractivity contribution >= 4 is 28.9 Å². The normalized spacial score (nSPS) is 21.3. The maximum absolute atomic E-state index is 11.9. The largest absolute Gasteiger partial charge is 0.351 e. The van der Waals surface area contributed by atoms with Gasteiger partial charge in [-0.05, 0) is 43.2 Å². The van der Waals surface area contributed by atoms with Crippen LogP contribution in [0.3, 0.4) is 0 Å². The lowest BCUT2D eigenvalue weighted by Gasteiger charge is -2.14. The van der Waals surface area contributed by atoms with Crippen molar-refractivity contribution in [2.45, 2.75) is 19.8 Å². The van der Waals surface area contributed by atoms with E-state index in [1.807, 2.05) is 18.2 Å². The second-order valence-electron chi connectivity index (χ2n) is 4.92. The van der Waals surface area contributed by atoms with Gasteiger partial charge in [0.15, 0.2) is 5.17 Å². The van der Waals surface area contributed by atoms with Gasteiger partial charge in [0.25, 0.3) is 5.91 Å². The topological polar surface area (TPSA) is 32.7 Å². The molecule has 1 saturated heterocycles. The highest BCUT2D eigenvalue weighted by molar-refractivity contribution is 8.18. The molecule has 0 aliphatic carbocycles. The molecule has 4 heteroatoms. The lowest BCUT2D eigenvalue weighted by molar-refractivity contribution is -0.113. The van der Waals surface area contributed by atoms with Gasteiger partial charge in [0.05, 0.1) is 4.91 Å². The number of benzene rings is 1. The fourth-order valence-electron chi connectivity index (χ4n) is 2.35. The number of carbonyl (C=O) groups excluding carboxylic acids is 1. The number of amidine groups is 1. The molecule has 0 spiro atoms. The zero-order valence-electron chi connectivity index (χ0n) is 10.9. The molecule has 2 heterocycles. The van der Waals surface area contributed by atoms with E-state index >= 15 is 0 Å². The summed E-state index contributed by atoms with van der Waals surface area (Å²) in [5.41, 5.74) is 2.26. The number of amides is 1. The molecule has 3 rings (SSSR count). The molecule has 0 bridgehead atoms. The molecule has 19 heavy (non-hydrogen) atoms. The zero-order chi connectivity index (χ0) is 13.2. The van der Waals surface area contributed by atoms with E-state index in [4.69, 9.17) is 0 Å². The number of rotatable bonds is 1. The van der Waals surface area contributed by atoms with Crippen molar-refractivity contribution in [3.8, 4) is 0 Å². The summed E-state index contributed by atoms with van der Waals surface area (Å²) in [5, 5.41) is 0.876. The van der Waals surface area contributed by atoms with Crippen molar-refractivity contribution in [3.63, 3.8) is 0 Å². The maximum Gasteiger partial charge on any atom is 0.286 e. The van der Waals surface area contributed by atoms with Crippen molar-refractivity contribution < 1.29 is 4.79 Å². The number of thioether (sulfide) groups is 1. The lowest BCUT2D eigenvalue weighted by Crippen LogP contribution is -2.23. The van der Waals surface area contributed by atoms with Gasteiger partial charge in [-0.2, -0.15) is 4.99 Å². The zero-order valence-corrected chi connectivity index (χ0v) is 11.7. The molecular weight excluding hydrogens is 256 g/mol. The molecule has 98 valence electrons. The summed E-state index contributed by atoms with van der Waals surface area (Å²) in [6.07, 6.45) is 4.34. The fraction of sp³-hybridized carbons (Fsp3) is 0.333. The summed E-state index contributed by atoms with van der Waals surface area (Å²) in [6, 6.07) is 8.15. The summed E-state index contributed by atoms with van der Waals surface area (Å²) in [4.78, 5) is 19.0. The van der Waals surface area contributed by atoms with Gasteiger partial charge in [0.2, 0.25) is 0 Å². The second-order valence-corrected chi connectivity index (χ2v) is 5.93. The van der Waals surface area contributed by atoms with E-state index in [9.17, 15) is 4.79 Å². The Labute approximate surface area is 117 Å². The van der Waals surface area contributed by atoms with Gasteiger partial charge in [0.1, 0.15) is 0 Å². The first-order chi connectivity index (χ1) is 9.22. The first kappa shape index (κ1) is 12.5. The van der Waals surface area contributed by atoms with Gasteiger partial charge in [-0.25, -0.2) is 0 Å². The Morgan fingerprint density at radius 1 is 1.32 bits per heavy atom. The number of likely N-dealkylation sites (tertiary alicyclic amines) is 1. The molecule has 0 atom stereocenters. The summed E-state index contributed by atoms with van der Waals surface area (Å²) in [6.45, 7) is 4.10. The average molecular weight is 272 g/mol. The number of carbonyl (C=O) groups is 1. The molecule has 0 unspecified atom stereocenters. The highest BCUT2D eigenvalue weighted by Gasteiger charge is 2.27. The molecule has 3 nitrogen and oxygen atoms in total. The molecule has 1 aromatic carbocycles. The Hall–Kier alpha value is -1.55. The van der Waals surface area contributed by atoms with Crippen molar-refractivity contribution in [3.05, 3.63) is 40.3 Å². The van der Waals surface area contributed by atoms with Crippen LogP contribution >= 0.6 is 11.8 Å². The van der Waals surface area contributed by atoms with Crippen LogP contribution in [0.2, 0.25) is 0 Å². The van der Waals surface area contributed by atoms with Crippen molar-refractivity contribution in [1.29, 1.82) is 0 Å². The van der Waals surface area contributed by atoms with Crippen LogP contribution in [0, 0.1) is 6.92 Å². The molecule has 1 fully saturated rings. The minimum atomic E-state index is -0.103. The molecule has 0 N–H and O–H groups in total. The summed E-state index contributed by atoms with van der Waals surface area (Å²) >= 11 is 1.50. The molecule has 1 aromatic rings. The van der Waals surface area contributed by atoms with E-state index in [1.165, 1.54) is 30.2 Å². The van der Waals surface area contributed by atoms with Gasteiger partial charge in [0, 0.05) is 13.1 Å². The Balaban J connectivity index is 1.79. The minimum absolute atomic E-state index is 0.103. The highest BCUT2D eigenvalue weighted by Crippen LogP contribution is 2.31. The third kappa shape index (κ3) is 2.73. The second kappa shape index (κ2) is 5.21. The molecule has 2 aliphatic rings. The van der Waals surface area contributed by atoms with Crippen LogP contribution in [0.5, 0.6) is 0 Å². The van der Waals surface area contributed by atoms with Gasteiger partial charge in [-0.3, -0.25) is 4.79 Å². The number of hydrogen-bond acceptors (Lipinski definition) is 3. The van der Waals surface area contributed by atoms with Crippen LogP contribution in [0.25, 0.3) is 6.08 Å². The molecule has 0 saturated carbocycles. The third-order valence-corrected chi connectivity index (χ3v) is 4.37. The smallest absolute Gasteiger partial charge is 0.286 e. The summed E-state index contributed by atoms with van der Waals surface area (Å²) < 4.78 is 0. The van der Waals surface area contributed by atoms with Gasteiger partial charge < -0.3 is 4.90 Å². The number of aryl methyl sites for hydroxylation is 1. The van der Waals surface area contributed by atoms with E-state index < -0.39 is 0 Å². The van der Waals surface area contributed by atoms with E-state index in [-0.39, 0.29) is 5.91 Å². The standard InChI is InChI=1S/C15H16N2OS/c1-11-5-4-6-12(9-11)10-13-14(18)16-15(19-13)17-7-2-3-8-17/h4-6,9-10H,2-3,7-8H2,1H3/b13-10-. The third-order valence-electron chi connectivity index (χ3n) is 3.33. The molecule has 2 aliphatic heterocycles. The number of aliphatic imine (C=N–C) groups is 1. The predicted octanol–water partition coefficient (Wildman–Crippen LogP) is 3.06. The minimum Gasteiger partial charge on any atom is -0.351 e. The van der Waals surface area contributed by atoms with Crippen molar-refractivity contribution in [1.82, 2.24) is 4.90 Å². The Kier molecular flexibility index (Phi) is 3.42.